The normalized spacial score (nSPS) is 17.8. The summed E-state index contributed by atoms with van der Waals surface area (Å²) >= 11 is 0. The number of rotatable bonds is 6. The van der Waals surface area contributed by atoms with Crippen molar-refractivity contribution >= 4 is 24.2 Å². The lowest BCUT2D eigenvalue weighted by Crippen LogP contribution is -2.51. The Hall–Kier alpha value is -1.83. The molecule has 0 saturated carbocycles. The lowest BCUT2D eigenvalue weighted by atomic mass is 10.2. The van der Waals surface area contributed by atoms with Crippen LogP contribution in [0.5, 0.6) is 5.75 Å². The number of nitrogens with zero attached hydrogens (tertiary/aromatic N) is 3. The number of aryl methyl sites for hydroxylation is 1. The fourth-order valence-corrected chi connectivity index (χ4v) is 3.42. The highest BCUT2D eigenvalue weighted by Gasteiger charge is 2.23. The summed E-state index contributed by atoms with van der Waals surface area (Å²) < 4.78 is 5.59. The molecule has 1 aromatic rings. The van der Waals surface area contributed by atoms with Crippen molar-refractivity contribution in [2.45, 2.75) is 13.3 Å². The highest BCUT2D eigenvalue weighted by molar-refractivity contribution is 5.85. The molecule has 2 fully saturated rings. The number of hydrogen-bond acceptors (Lipinski definition) is 5. The Morgan fingerprint density at radius 1 is 0.929 bits per heavy atom. The van der Waals surface area contributed by atoms with Crippen molar-refractivity contribution in [2.75, 3.05) is 65.5 Å². The summed E-state index contributed by atoms with van der Waals surface area (Å²) in [6.45, 7) is 9.26. The molecule has 8 heteroatoms. The van der Waals surface area contributed by atoms with Crippen LogP contribution in [0.3, 0.4) is 0 Å². The molecule has 0 aromatic heterocycles. The molecule has 7 nitrogen and oxygen atoms in total. The molecule has 2 aliphatic heterocycles. The quantitative estimate of drug-likeness (QED) is 0.750. The fraction of sp³-hybridized carbons (Fsp3) is 0.600. The van der Waals surface area contributed by atoms with E-state index in [1.54, 1.807) is 0 Å². The third kappa shape index (κ3) is 6.65. The maximum atomic E-state index is 12.3. The summed E-state index contributed by atoms with van der Waals surface area (Å²) in [7, 11) is 0. The number of halogens is 1. The maximum Gasteiger partial charge on any atom is 0.260 e. The van der Waals surface area contributed by atoms with E-state index in [2.05, 4.69) is 10.2 Å². The highest BCUT2D eigenvalue weighted by atomic mass is 35.5. The van der Waals surface area contributed by atoms with Gasteiger partial charge in [0.2, 0.25) is 5.91 Å². The van der Waals surface area contributed by atoms with E-state index in [0.29, 0.717) is 19.5 Å². The largest absolute Gasteiger partial charge is 0.484 e. The number of carbonyl (C=O) groups excluding carboxylic acids is 2. The number of carbonyl (C=O) groups is 2. The maximum absolute atomic E-state index is 12.3. The van der Waals surface area contributed by atoms with Gasteiger partial charge in [-0.25, -0.2) is 0 Å². The number of hydrogen-bond donors (Lipinski definition) is 1. The van der Waals surface area contributed by atoms with Crippen molar-refractivity contribution in [2.24, 2.45) is 0 Å². The Morgan fingerprint density at radius 3 is 2.18 bits per heavy atom. The van der Waals surface area contributed by atoms with Gasteiger partial charge in [0, 0.05) is 65.3 Å². The third-order valence-electron chi connectivity index (χ3n) is 5.22. The first-order valence-electron chi connectivity index (χ1n) is 9.80. The fourth-order valence-electron chi connectivity index (χ4n) is 3.42. The van der Waals surface area contributed by atoms with Gasteiger partial charge >= 0.3 is 0 Å². The molecular formula is C20H31ClN4O3. The van der Waals surface area contributed by atoms with E-state index in [1.807, 2.05) is 41.0 Å². The molecule has 0 atom stereocenters. The zero-order valence-corrected chi connectivity index (χ0v) is 17.4. The van der Waals surface area contributed by atoms with Gasteiger partial charge in [-0.2, -0.15) is 0 Å². The van der Waals surface area contributed by atoms with Crippen LogP contribution in [-0.2, 0) is 9.59 Å². The molecule has 0 spiro atoms. The molecule has 1 N–H and O–H groups in total. The van der Waals surface area contributed by atoms with Crippen LogP contribution in [0.25, 0.3) is 0 Å². The summed E-state index contributed by atoms with van der Waals surface area (Å²) in [6, 6.07) is 7.71. The minimum Gasteiger partial charge on any atom is -0.484 e. The molecule has 156 valence electrons. The van der Waals surface area contributed by atoms with Gasteiger partial charge < -0.3 is 19.9 Å². The van der Waals surface area contributed by atoms with Crippen LogP contribution in [0, 0.1) is 6.92 Å². The van der Waals surface area contributed by atoms with E-state index in [4.69, 9.17) is 4.74 Å². The predicted octanol–water partition coefficient (Wildman–Crippen LogP) is 0.762. The van der Waals surface area contributed by atoms with Crippen LogP contribution >= 0.6 is 12.4 Å². The van der Waals surface area contributed by atoms with Crippen molar-refractivity contribution in [3.63, 3.8) is 0 Å². The van der Waals surface area contributed by atoms with E-state index in [-0.39, 0.29) is 30.8 Å². The Labute approximate surface area is 173 Å². The first-order chi connectivity index (χ1) is 13.1. The van der Waals surface area contributed by atoms with Crippen molar-refractivity contribution in [1.29, 1.82) is 0 Å². The van der Waals surface area contributed by atoms with Gasteiger partial charge in [-0.1, -0.05) is 17.7 Å². The Bertz CT molecular complexity index is 627. The number of amides is 2. The van der Waals surface area contributed by atoms with Crippen molar-refractivity contribution in [3.05, 3.63) is 29.8 Å². The van der Waals surface area contributed by atoms with Gasteiger partial charge in [-0.3, -0.25) is 14.5 Å². The summed E-state index contributed by atoms with van der Waals surface area (Å²) in [5.74, 6) is 0.979. The SMILES string of the molecule is Cc1ccc(OCC(=O)N2CCN(CCC(=O)N3CCNCC3)CC2)cc1.Cl. The van der Waals surface area contributed by atoms with Gasteiger partial charge in [-0.15, -0.1) is 12.4 Å². The summed E-state index contributed by atoms with van der Waals surface area (Å²) in [5.41, 5.74) is 1.17. The first-order valence-corrected chi connectivity index (χ1v) is 9.80. The van der Waals surface area contributed by atoms with E-state index in [0.717, 1.165) is 51.6 Å². The lowest BCUT2D eigenvalue weighted by Gasteiger charge is -2.35. The average Bonchev–Trinajstić information content (AvgIpc) is 2.72. The van der Waals surface area contributed by atoms with Crippen LogP contribution in [0.4, 0.5) is 0 Å². The summed E-state index contributed by atoms with van der Waals surface area (Å²) in [5, 5.41) is 3.26. The molecule has 28 heavy (non-hydrogen) atoms. The molecular weight excluding hydrogens is 380 g/mol. The van der Waals surface area contributed by atoms with Gasteiger partial charge in [0.15, 0.2) is 6.61 Å². The zero-order chi connectivity index (χ0) is 19.1. The number of piperazine rings is 2. The Morgan fingerprint density at radius 2 is 1.54 bits per heavy atom. The molecule has 0 radical (unpaired) electrons. The molecule has 2 amide bonds. The van der Waals surface area contributed by atoms with Crippen LogP contribution < -0.4 is 10.1 Å². The third-order valence-corrected chi connectivity index (χ3v) is 5.22. The second-order valence-corrected chi connectivity index (χ2v) is 7.20. The van der Waals surface area contributed by atoms with Crippen LogP contribution in [0.1, 0.15) is 12.0 Å². The molecule has 0 unspecified atom stereocenters. The molecule has 0 aliphatic carbocycles. The number of nitrogens with one attached hydrogen (secondary N) is 1. The molecule has 2 aliphatic rings. The second-order valence-electron chi connectivity index (χ2n) is 7.20. The van der Waals surface area contributed by atoms with E-state index < -0.39 is 0 Å². The molecule has 3 rings (SSSR count). The van der Waals surface area contributed by atoms with Crippen LogP contribution in [0.15, 0.2) is 24.3 Å². The Balaban J connectivity index is 0.00000280. The molecule has 2 heterocycles. The zero-order valence-electron chi connectivity index (χ0n) is 16.6. The predicted molar refractivity (Wildman–Crippen MR) is 111 cm³/mol. The minimum absolute atomic E-state index is 0. The van der Waals surface area contributed by atoms with E-state index in [9.17, 15) is 9.59 Å². The van der Waals surface area contributed by atoms with Crippen LogP contribution in [0.2, 0.25) is 0 Å². The first kappa shape index (κ1) is 22.5. The molecule has 0 bridgehead atoms. The van der Waals surface area contributed by atoms with Crippen molar-refractivity contribution < 1.29 is 14.3 Å². The van der Waals surface area contributed by atoms with Crippen molar-refractivity contribution in [3.8, 4) is 5.75 Å². The lowest BCUT2D eigenvalue weighted by molar-refractivity contribution is -0.136. The Kier molecular flexibility index (Phi) is 9.02. The average molecular weight is 411 g/mol. The summed E-state index contributed by atoms with van der Waals surface area (Å²) in [6.07, 6.45) is 0.560. The van der Waals surface area contributed by atoms with Gasteiger partial charge in [-0.05, 0) is 19.1 Å². The van der Waals surface area contributed by atoms with E-state index in [1.165, 1.54) is 5.56 Å². The van der Waals surface area contributed by atoms with Crippen LogP contribution in [-0.4, -0.2) is 92.0 Å². The minimum atomic E-state index is 0. The van der Waals surface area contributed by atoms with Crippen molar-refractivity contribution in [1.82, 2.24) is 20.0 Å². The van der Waals surface area contributed by atoms with Gasteiger partial charge in [0.05, 0.1) is 0 Å². The molecule has 1 aromatic carbocycles. The summed E-state index contributed by atoms with van der Waals surface area (Å²) in [4.78, 5) is 30.6. The highest BCUT2D eigenvalue weighted by Crippen LogP contribution is 2.12. The topological polar surface area (TPSA) is 65.1 Å². The number of benzene rings is 1. The van der Waals surface area contributed by atoms with Gasteiger partial charge in [0.1, 0.15) is 5.75 Å². The molecule has 2 saturated heterocycles. The second kappa shape index (κ2) is 11.2. The monoisotopic (exact) mass is 410 g/mol. The van der Waals surface area contributed by atoms with Gasteiger partial charge in [0.25, 0.3) is 5.91 Å². The smallest absolute Gasteiger partial charge is 0.260 e. The number of ether oxygens (including phenoxy) is 1. The standard InChI is InChI=1S/C20H30N4O3.ClH/c1-17-2-4-18(5-3-17)27-16-20(26)24-14-12-22(13-15-24)9-6-19(25)23-10-7-21-8-11-23;/h2-5,21H,6-16H2,1H3;1H. The van der Waals surface area contributed by atoms with E-state index >= 15 is 0 Å².